The first-order valence-corrected chi connectivity index (χ1v) is 5.55. The second kappa shape index (κ2) is 4.49. The highest BCUT2D eigenvalue weighted by atomic mass is 15.3. The van der Waals surface area contributed by atoms with Crippen molar-refractivity contribution < 1.29 is 0 Å². The molecule has 0 bridgehead atoms. The van der Waals surface area contributed by atoms with Crippen molar-refractivity contribution in [1.29, 1.82) is 0 Å². The minimum absolute atomic E-state index is 0.462. The standard InChI is InChI=1S/C13H17N3/c1-10(2)13-6-7-15-16(13)12-5-3-4-11(8-12)9-14/h3-8,10H,9,14H2,1-2H3. The van der Waals surface area contributed by atoms with Crippen molar-refractivity contribution in [2.45, 2.75) is 26.3 Å². The Morgan fingerprint density at radius 1 is 1.31 bits per heavy atom. The van der Waals surface area contributed by atoms with Crippen molar-refractivity contribution >= 4 is 0 Å². The number of hydrogen-bond acceptors (Lipinski definition) is 2. The fourth-order valence-electron chi connectivity index (χ4n) is 1.78. The van der Waals surface area contributed by atoms with Crippen LogP contribution in [-0.2, 0) is 6.54 Å². The molecule has 2 aromatic rings. The summed E-state index contributed by atoms with van der Waals surface area (Å²) < 4.78 is 1.98. The molecule has 1 aromatic heterocycles. The van der Waals surface area contributed by atoms with Gasteiger partial charge in [0.1, 0.15) is 0 Å². The highest BCUT2D eigenvalue weighted by molar-refractivity contribution is 5.37. The van der Waals surface area contributed by atoms with E-state index in [2.05, 4.69) is 37.1 Å². The van der Waals surface area contributed by atoms with Crippen LogP contribution in [0, 0.1) is 0 Å². The molecule has 0 unspecified atom stereocenters. The molecule has 0 radical (unpaired) electrons. The molecule has 2 N–H and O–H groups in total. The van der Waals surface area contributed by atoms with Crippen LogP contribution in [0.15, 0.2) is 36.5 Å². The molecule has 2 rings (SSSR count). The van der Waals surface area contributed by atoms with Crippen LogP contribution in [0.2, 0.25) is 0 Å². The largest absolute Gasteiger partial charge is 0.326 e. The molecule has 0 spiro atoms. The van der Waals surface area contributed by atoms with Crippen molar-refractivity contribution in [2.24, 2.45) is 5.73 Å². The number of nitrogens with two attached hydrogens (primary N) is 1. The zero-order valence-electron chi connectivity index (χ0n) is 9.72. The Morgan fingerprint density at radius 3 is 2.81 bits per heavy atom. The van der Waals surface area contributed by atoms with E-state index in [-0.39, 0.29) is 0 Å². The molecular weight excluding hydrogens is 198 g/mol. The van der Waals surface area contributed by atoms with Gasteiger partial charge in [0.25, 0.3) is 0 Å². The molecule has 16 heavy (non-hydrogen) atoms. The van der Waals surface area contributed by atoms with E-state index >= 15 is 0 Å². The Bertz CT molecular complexity index is 472. The van der Waals surface area contributed by atoms with Crippen molar-refractivity contribution in [3.63, 3.8) is 0 Å². The first-order valence-electron chi connectivity index (χ1n) is 5.55. The summed E-state index contributed by atoms with van der Waals surface area (Å²) in [5.41, 5.74) is 9.06. The van der Waals surface area contributed by atoms with Gasteiger partial charge in [0.2, 0.25) is 0 Å². The minimum atomic E-state index is 0.462. The molecule has 0 saturated carbocycles. The smallest absolute Gasteiger partial charge is 0.0652 e. The average molecular weight is 215 g/mol. The molecular formula is C13H17N3. The summed E-state index contributed by atoms with van der Waals surface area (Å²) in [5.74, 6) is 0.462. The predicted octanol–water partition coefficient (Wildman–Crippen LogP) is 2.45. The van der Waals surface area contributed by atoms with E-state index in [1.165, 1.54) is 5.69 Å². The maximum atomic E-state index is 5.64. The van der Waals surface area contributed by atoms with Crippen molar-refractivity contribution in [1.82, 2.24) is 9.78 Å². The normalized spacial score (nSPS) is 11.0. The van der Waals surface area contributed by atoms with Gasteiger partial charge in [-0.2, -0.15) is 5.10 Å². The van der Waals surface area contributed by atoms with Gasteiger partial charge in [-0.25, -0.2) is 4.68 Å². The van der Waals surface area contributed by atoms with Gasteiger partial charge >= 0.3 is 0 Å². The van der Waals surface area contributed by atoms with Gasteiger partial charge in [0.05, 0.1) is 5.69 Å². The van der Waals surface area contributed by atoms with E-state index in [1.54, 1.807) is 0 Å². The van der Waals surface area contributed by atoms with Gasteiger partial charge in [-0.05, 0) is 29.7 Å². The number of hydrogen-bond donors (Lipinski definition) is 1. The molecule has 3 nitrogen and oxygen atoms in total. The van der Waals surface area contributed by atoms with E-state index in [0.717, 1.165) is 11.3 Å². The van der Waals surface area contributed by atoms with Crippen molar-refractivity contribution in [3.05, 3.63) is 47.8 Å². The summed E-state index contributed by atoms with van der Waals surface area (Å²) >= 11 is 0. The Morgan fingerprint density at radius 2 is 2.12 bits per heavy atom. The SMILES string of the molecule is CC(C)c1ccnn1-c1cccc(CN)c1. The summed E-state index contributed by atoms with van der Waals surface area (Å²) in [6.45, 7) is 4.90. The van der Waals surface area contributed by atoms with E-state index < -0.39 is 0 Å². The van der Waals surface area contributed by atoms with Gasteiger partial charge in [-0.1, -0.05) is 26.0 Å². The van der Waals surface area contributed by atoms with Crippen LogP contribution in [0.25, 0.3) is 5.69 Å². The molecule has 0 aliphatic carbocycles. The van der Waals surface area contributed by atoms with Crippen LogP contribution in [0.5, 0.6) is 0 Å². The third-order valence-electron chi connectivity index (χ3n) is 2.65. The van der Waals surface area contributed by atoms with Crippen molar-refractivity contribution in [2.75, 3.05) is 0 Å². The highest BCUT2D eigenvalue weighted by Gasteiger charge is 2.08. The molecule has 0 aliphatic heterocycles. The molecule has 0 aliphatic rings. The molecule has 0 fully saturated rings. The summed E-state index contributed by atoms with van der Waals surface area (Å²) in [5, 5.41) is 4.36. The first kappa shape index (κ1) is 10.9. The van der Waals surface area contributed by atoms with E-state index in [9.17, 15) is 0 Å². The predicted molar refractivity (Wildman–Crippen MR) is 65.5 cm³/mol. The van der Waals surface area contributed by atoms with Crippen LogP contribution < -0.4 is 5.73 Å². The van der Waals surface area contributed by atoms with E-state index in [4.69, 9.17) is 5.73 Å². The van der Waals surface area contributed by atoms with Gasteiger partial charge in [-0.3, -0.25) is 0 Å². The lowest BCUT2D eigenvalue weighted by atomic mass is 10.1. The lowest BCUT2D eigenvalue weighted by Gasteiger charge is -2.10. The van der Waals surface area contributed by atoms with E-state index in [0.29, 0.717) is 12.5 Å². The molecule has 0 amide bonds. The molecule has 84 valence electrons. The third-order valence-corrected chi connectivity index (χ3v) is 2.65. The maximum Gasteiger partial charge on any atom is 0.0652 e. The number of nitrogens with zero attached hydrogens (tertiary/aromatic N) is 2. The van der Waals surface area contributed by atoms with Gasteiger partial charge in [0, 0.05) is 18.4 Å². The van der Waals surface area contributed by atoms with Crippen LogP contribution in [0.1, 0.15) is 31.0 Å². The lowest BCUT2D eigenvalue weighted by molar-refractivity contribution is 0.733. The monoisotopic (exact) mass is 215 g/mol. The van der Waals surface area contributed by atoms with Crippen molar-refractivity contribution in [3.8, 4) is 5.69 Å². The summed E-state index contributed by atoms with van der Waals surface area (Å²) in [6.07, 6.45) is 1.84. The first-order chi connectivity index (χ1) is 7.72. The zero-order chi connectivity index (χ0) is 11.5. The molecule has 1 aromatic carbocycles. The Labute approximate surface area is 95.9 Å². The minimum Gasteiger partial charge on any atom is -0.326 e. The molecule has 1 heterocycles. The van der Waals surface area contributed by atoms with Crippen LogP contribution >= 0.6 is 0 Å². The molecule has 0 atom stereocenters. The fourth-order valence-corrected chi connectivity index (χ4v) is 1.78. The molecule has 0 saturated heterocycles. The Hall–Kier alpha value is -1.61. The number of aromatic nitrogens is 2. The number of rotatable bonds is 3. The lowest BCUT2D eigenvalue weighted by Crippen LogP contribution is -2.05. The highest BCUT2D eigenvalue weighted by Crippen LogP contribution is 2.18. The molecule has 3 heteroatoms. The van der Waals surface area contributed by atoms with Crippen LogP contribution in [0.4, 0.5) is 0 Å². The van der Waals surface area contributed by atoms with Gasteiger partial charge < -0.3 is 5.73 Å². The number of benzene rings is 1. The topological polar surface area (TPSA) is 43.8 Å². The fraction of sp³-hybridized carbons (Fsp3) is 0.308. The van der Waals surface area contributed by atoms with Crippen LogP contribution in [-0.4, -0.2) is 9.78 Å². The maximum absolute atomic E-state index is 5.64. The van der Waals surface area contributed by atoms with E-state index in [1.807, 2.05) is 23.0 Å². The summed E-state index contributed by atoms with van der Waals surface area (Å²) in [4.78, 5) is 0. The summed E-state index contributed by atoms with van der Waals surface area (Å²) in [7, 11) is 0. The second-order valence-corrected chi connectivity index (χ2v) is 4.20. The summed E-state index contributed by atoms with van der Waals surface area (Å²) in [6, 6.07) is 10.2. The third kappa shape index (κ3) is 1.99. The zero-order valence-corrected chi connectivity index (χ0v) is 9.72. The Kier molecular flexibility index (Phi) is 3.06. The van der Waals surface area contributed by atoms with Gasteiger partial charge in [-0.15, -0.1) is 0 Å². The average Bonchev–Trinajstić information content (AvgIpc) is 2.78. The Balaban J connectivity index is 2.46. The quantitative estimate of drug-likeness (QED) is 0.854. The van der Waals surface area contributed by atoms with Crippen LogP contribution in [0.3, 0.4) is 0 Å². The second-order valence-electron chi connectivity index (χ2n) is 4.20. The van der Waals surface area contributed by atoms with Gasteiger partial charge in [0.15, 0.2) is 0 Å².